The van der Waals surface area contributed by atoms with Gasteiger partial charge in [-0.2, -0.15) is 0 Å². The Balaban J connectivity index is 1.61. The number of aromatic nitrogens is 2. The first-order valence-electron chi connectivity index (χ1n) is 6.70. The highest BCUT2D eigenvalue weighted by Gasteiger charge is 2.09. The number of hydrogen-bond acceptors (Lipinski definition) is 2. The number of halogens is 1. The van der Waals surface area contributed by atoms with Crippen LogP contribution < -0.4 is 5.32 Å². The summed E-state index contributed by atoms with van der Waals surface area (Å²) in [5.74, 6) is 0.794. The maximum atomic E-state index is 12.1. The van der Waals surface area contributed by atoms with Gasteiger partial charge in [-0.15, -0.1) is 0 Å². The van der Waals surface area contributed by atoms with Gasteiger partial charge in [-0.25, -0.2) is 4.98 Å². The average molecular weight is 344 g/mol. The van der Waals surface area contributed by atoms with Gasteiger partial charge in [0.2, 0.25) is 0 Å². The van der Waals surface area contributed by atoms with Crippen LogP contribution in [0.2, 0.25) is 0 Å². The lowest BCUT2D eigenvalue weighted by Crippen LogP contribution is -2.26. The van der Waals surface area contributed by atoms with E-state index >= 15 is 0 Å². The molecule has 1 heterocycles. The highest BCUT2D eigenvalue weighted by atomic mass is 79.9. The van der Waals surface area contributed by atoms with Crippen molar-refractivity contribution in [3.05, 3.63) is 64.4 Å². The molecule has 0 aliphatic rings. The number of benzene rings is 2. The molecule has 0 saturated carbocycles. The van der Waals surface area contributed by atoms with Crippen LogP contribution in [0.15, 0.2) is 53.0 Å². The molecular weight excluding hydrogens is 330 g/mol. The molecule has 1 aromatic heterocycles. The van der Waals surface area contributed by atoms with E-state index in [4.69, 9.17) is 0 Å². The van der Waals surface area contributed by atoms with Crippen LogP contribution in [0, 0.1) is 0 Å². The van der Waals surface area contributed by atoms with Crippen LogP contribution in [0.3, 0.4) is 0 Å². The standard InChI is InChI=1S/C16H14BrN3O/c17-12-6-2-1-5-11(12)16(21)18-10-9-15-19-13-7-3-4-8-14(13)20-15/h1-8H,9-10H2,(H,18,21)(H,19,20). The van der Waals surface area contributed by atoms with Gasteiger partial charge >= 0.3 is 0 Å². The largest absolute Gasteiger partial charge is 0.352 e. The first kappa shape index (κ1) is 13.8. The van der Waals surface area contributed by atoms with Gasteiger partial charge < -0.3 is 10.3 Å². The first-order valence-corrected chi connectivity index (χ1v) is 7.50. The molecule has 3 rings (SSSR count). The molecule has 106 valence electrons. The Morgan fingerprint density at radius 1 is 1.14 bits per heavy atom. The van der Waals surface area contributed by atoms with E-state index in [9.17, 15) is 4.79 Å². The number of rotatable bonds is 4. The fraction of sp³-hybridized carbons (Fsp3) is 0.125. The van der Waals surface area contributed by atoms with Gasteiger partial charge in [-0.3, -0.25) is 4.79 Å². The van der Waals surface area contributed by atoms with Gasteiger partial charge in [-0.1, -0.05) is 24.3 Å². The molecule has 0 spiro atoms. The molecule has 21 heavy (non-hydrogen) atoms. The first-order chi connectivity index (χ1) is 10.2. The third-order valence-corrected chi connectivity index (χ3v) is 3.90. The number of nitrogens with one attached hydrogen (secondary N) is 2. The van der Waals surface area contributed by atoms with Crippen molar-refractivity contribution in [2.75, 3.05) is 6.54 Å². The third kappa shape index (κ3) is 3.13. The van der Waals surface area contributed by atoms with Gasteiger partial charge in [-0.05, 0) is 40.2 Å². The van der Waals surface area contributed by atoms with Gasteiger partial charge in [0.15, 0.2) is 0 Å². The van der Waals surface area contributed by atoms with Gasteiger partial charge in [0.25, 0.3) is 5.91 Å². The van der Waals surface area contributed by atoms with E-state index < -0.39 is 0 Å². The molecule has 0 radical (unpaired) electrons. The number of H-pyrrole nitrogens is 1. The molecule has 4 nitrogen and oxygen atoms in total. The zero-order valence-electron chi connectivity index (χ0n) is 11.3. The number of hydrogen-bond donors (Lipinski definition) is 2. The number of para-hydroxylation sites is 2. The van der Waals surface area contributed by atoms with Crippen LogP contribution in [-0.2, 0) is 6.42 Å². The lowest BCUT2D eigenvalue weighted by Gasteiger charge is -2.05. The fourth-order valence-corrected chi connectivity index (χ4v) is 2.62. The van der Waals surface area contributed by atoms with Crippen LogP contribution in [-0.4, -0.2) is 22.4 Å². The van der Waals surface area contributed by atoms with E-state index in [0.717, 1.165) is 21.3 Å². The van der Waals surface area contributed by atoms with Crippen molar-refractivity contribution in [1.82, 2.24) is 15.3 Å². The Bertz CT molecular complexity index is 749. The summed E-state index contributed by atoms with van der Waals surface area (Å²) in [7, 11) is 0. The zero-order chi connectivity index (χ0) is 14.7. The lowest BCUT2D eigenvalue weighted by molar-refractivity contribution is 0.0953. The molecule has 0 unspecified atom stereocenters. The molecule has 1 amide bonds. The molecule has 0 aliphatic heterocycles. The van der Waals surface area contributed by atoms with Crippen molar-refractivity contribution in [3.63, 3.8) is 0 Å². The fourth-order valence-electron chi connectivity index (χ4n) is 2.16. The predicted molar refractivity (Wildman–Crippen MR) is 86.3 cm³/mol. The molecule has 0 bridgehead atoms. The predicted octanol–water partition coefficient (Wildman–Crippen LogP) is 3.30. The van der Waals surface area contributed by atoms with Crippen molar-refractivity contribution in [2.45, 2.75) is 6.42 Å². The molecular formula is C16H14BrN3O. The third-order valence-electron chi connectivity index (χ3n) is 3.20. The quantitative estimate of drug-likeness (QED) is 0.763. The minimum Gasteiger partial charge on any atom is -0.352 e. The monoisotopic (exact) mass is 343 g/mol. The van der Waals surface area contributed by atoms with Crippen LogP contribution in [0.25, 0.3) is 11.0 Å². The minimum atomic E-state index is -0.0846. The second-order valence-corrected chi connectivity index (χ2v) is 5.54. The number of fused-ring (bicyclic) bond motifs is 1. The van der Waals surface area contributed by atoms with E-state index in [-0.39, 0.29) is 5.91 Å². The smallest absolute Gasteiger partial charge is 0.252 e. The Morgan fingerprint density at radius 2 is 1.90 bits per heavy atom. The zero-order valence-corrected chi connectivity index (χ0v) is 12.9. The highest BCUT2D eigenvalue weighted by Crippen LogP contribution is 2.15. The van der Waals surface area contributed by atoms with E-state index in [1.165, 1.54) is 0 Å². The number of nitrogens with zero attached hydrogens (tertiary/aromatic N) is 1. The number of imidazole rings is 1. The van der Waals surface area contributed by atoms with Crippen molar-refractivity contribution < 1.29 is 4.79 Å². The summed E-state index contributed by atoms with van der Waals surface area (Å²) < 4.78 is 0.797. The number of carbonyl (C=O) groups is 1. The molecule has 2 aromatic carbocycles. The minimum absolute atomic E-state index is 0.0846. The summed E-state index contributed by atoms with van der Waals surface area (Å²) in [6, 6.07) is 15.3. The molecule has 5 heteroatoms. The SMILES string of the molecule is O=C(NCCc1nc2ccccc2[nH]1)c1ccccc1Br. The van der Waals surface area contributed by atoms with E-state index in [1.807, 2.05) is 42.5 Å². The maximum Gasteiger partial charge on any atom is 0.252 e. The number of aromatic amines is 1. The molecule has 0 saturated heterocycles. The van der Waals surface area contributed by atoms with Gasteiger partial charge in [0.05, 0.1) is 16.6 Å². The Kier molecular flexibility index (Phi) is 4.01. The Morgan fingerprint density at radius 3 is 2.71 bits per heavy atom. The van der Waals surface area contributed by atoms with Crippen LogP contribution in [0.1, 0.15) is 16.2 Å². The highest BCUT2D eigenvalue weighted by molar-refractivity contribution is 9.10. The second-order valence-electron chi connectivity index (χ2n) is 4.69. The summed E-state index contributed by atoms with van der Waals surface area (Å²) >= 11 is 3.38. The number of carbonyl (C=O) groups excluding carboxylic acids is 1. The van der Waals surface area contributed by atoms with Crippen LogP contribution in [0.5, 0.6) is 0 Å². The summed E-state index contributed by atoms with van der Waals surface area (Å²) in [4.78, 5) is 19.8. The summed E-state index contributed by atoms with van der Waals surface area (Å²) in [5.41, 5.74) is 2.61. The average Bonchev–Trinajstić information content (AvgIpc) is 2.90. The summed E-state index contributed by atoms with van der Waals surface area (Å²) in [5, 5.41) is 2.90. The molecule has 0 fully saturated rings. The van der Waals surface area contributed by atoms with E-state index in [0.29, 0.717) is 18.5 Å². The van der Waals surface area contributed by atoms with Crippen LogP contribution >= 0.6 is 15.9 Å². The van der Waals surface area contributed by atoms with Crippen molar-refractivity contribution in [3.8, 4) is 0 Å². The lowest BCUT2D eigenvalue weighted by atomic mass is 10.2. The van der Waals surface area contributed by atoms with Crippen molar-refractivity contribution in [1.29, 1.82) is 0 Å². The van der Waals surface area contributed by atoms with E-state index in [1.54, 1.807) is 6.07 Å². The molecule has 3 aromatic rings. The number of amides is 1. The Hall–Kier alpha value is -2.14. The molecule has 0 aliphatic carbocycles. The normalized spacial score (nSPS) is 10.7. The topological polar surface area (TPSA) is 57.8 Å². The molecule has 0 atom stereocenters. The molecule has 2 N–H and O–H groups in total. The summed E-state index contributed by atoms with van der Waals surface area (Å²) in [6.45, 7) is 0.542. The van der Waals surface area contributed by atoms with Gasteiger partial charge in [0.1, 0.15) is 5.82 Å². The van der Waals surface area contributed by atoms with Crippen molar-refractivity contribution in [2.24, 2.45) is 0 Å². The second kappa shape index (κ2) is 6.10. The van der Waals surface area contributed by atoms with Crippen molar-refractivity contribution >= 4 is 32.9 Å². The van der Waals surface area contributed by atoms with E-state index in [2.05, 4.69) is 31.2 Å². The summed E-state index contributed by atoms with van der Waals surface area (Å²) in [6.07, 6.45) is 0.672. The Labute approximate surface area is 130 Å². The van der Waals surface area contributed by atoms with Gasteiger partial charge in [0, 0.05) is 17.4 Å². The maximum absolute atomic E-state index is 12.1. The van der Waals surface area contributed by atoms with Crippen LogP contribution in [0.4, 0.5) is 0 Å².